The number of amides is 2. The van der Waals surface area contributed by atoms with Crippen molar-refractivity contribution in [2.75, 3.05) is 13.7 Å². The van der Waals surface area contributed by atoms with E-state index >= 15 is 0 Å². The van der Waals surface area contributed by atoms with Gasteiger partial charge in [-0.2, -0.15) is 0 Å². The third-order valence-electron chi connectivity index (χ3n) is 5.19. The zero-order chi connectivity index (χ0) is 16.9. The van der Waals surface area contributed by atoms with Gasteiger partial charge in [0.1, 0.15) is 5.75 Å². The number of nitrogens with zero attached hydrogens (tertiary/aromatic N) is 1. The summed E-state index contributed by atoms with van der Waals surface area (Å²) in [4.78, 5) is 26.7. The molecule has 1 heterocycles. The van der Waals surface area contributed by atoms with E-state index in [-0.39, 0.29) is 17.7 Å². The number of carbonyl (C=O) groups excluding carboxylic acids is 2. The molecule has 0 aromatic heterocycles. The molecule has 5 heteroatoms. The lowest BCUT2D eigenvalue weighted by Gasteiger charge is -2.31. The van der Waals surface area contributed by atoms with Gasteiger partial charge in [0.05, 0.1) is 13.0 Å². The Bertz CT molecular complexity index is 596. The van der Waals surface area contributed by atoms with Crippen molar-refractivity contribution >= 4 is 11.8 Å². The van der Waals surface area contributed by atoms with Crippen molar-refractivity contribution in [3.05, 3.63) is 29.8 Å². The van der Waals surface area contributed by atoms with Crippen LogP contribution >= 0.6 is 0 Å². The van der Waals surface area contributed by atoms with Gasteiger partial charge in [-0.05, 0) is 18.9 Å². The quantitative estimate of drug-likeness (QED) is 0.902. The second-order valence-corrected chi connectivity index (χ2v) is 6.77. The van der Waals surface area contributed by atoms with Crippen molar-refractivity contribution < 1.29 is 14.3 Å². The molecule has 1 aliphatic carbocycles. The number of ether oxygens (including phenoxy) is 1. The van der Waals surface area contributed by atoms with E-state index in [1.165, 1.54) is 19.3 Å². The van der Waals surface area contributed by atoms with E-state index in [9.17, 15) is 9.59 Å². The lowest BCUT2D eigenvalue weighted by atomic mass is 9.94. The van der Waals surface area contributed by atoms with Crippen LogP contribution in [0.25, 0.3) is 0 Å². The number of para-hydroxylation sites is 1. The largest absolute Gasteiger partial charge is 0.496 e. The van der Waals surface area contributed by atoms with Crippen LogP contribution in [0.2, 0.25) is 0 Å². The summed E-state index contributed by atoms with van der Waals surface area (Å²) < 4.78 is 5.30. The third kappa shape index (κ3) is 3.71. The second-order valence-electron chi connectivity index (χ2n) is 6.77. The van der Waals surface area contributed by atoms with Gasteiger partial charge in [0.15, 0.2) is 0 Å². The van der Waals surface area contributed by atoms with Crippen LogP contribution in [0.1, 0.15) is 44.1 Å². The molecule has 130 valence electrons. The standard InChI is InChI=1S/C19H26N2O3/c1-24-17-10-6-5-7-14(17)12-20-19(23)15-11-18(22)21(13-15)16-8-3-2-4-9-16/h5-7,10,15-16H,2-4,8-9,11-13H2,1H3,(H,20,23)/t15-/m0/s1. The van der Waals surface area contributed by atoms with Crippen molar-refractivity contribution in [3.63, 3.8) is 0 Å². The molecular formula is C19H26N2O3. The monoisotopic (exact) mass is 330 g/mol. The van der Waals surface area contributed by atoms with Crippen molar-refractivity contribution in [2.45, 2.75) is 51.1 Å². The predicted molar refractivity (Wildman–Crippen MR) is 91.5 cm³/mol. The Hall–Kier alpha value is -2.04. The fourth-order valence-corrected chi connectivity index (χ4v) is 3.83. The molecule has 1 N–H and O–H groups in total. The van der Waals surface area contributed by atoms with E-state index < -0.39 is 0 Å². The fraction of sp³-hybridized carbons (Fsp3) is 0.579. The zero-order valence-corrected chi connectivity index (χ0v) is 14.3. The summed E-state index contributed by atoms with van der Waals surface area (Å²) in [5.41, 5.74) is 0.946. The summed E-state index contributed by atoms with van der Waals surface area (Å²) in [7, 11) is 1.62. The van der Waals surface area contributed by atoms with Crippen LogP contribution in [0, 0.1) is 5.92 Å². The summed E-state index contributed by atoms with van der Waals surface area (Å²) in [6.45, 7) is 0.998. The average molecular weight is 330 g/mol. The molecule has 1 saturated carbocycles. The molecule has 0 spiro atoms. The lowest BCUT2D eigenvalue weighted by molar-refractivity contribution is -0.130. The Morgan fingerprint density at radius 1 is 1.25 bits per heavy atom. The summed E-state index contributed by atoms with van der Waals surface area (Å²) in [6.07, 6.45) is 6.16. The van der Waals surface area contributed by atoms with E-state index in [4.69, 9.17) is 4.74 Å². The van der Waals surface area contributed by atoms with Crippen LogP contribution in [0.3, 0.4) is 0 Å². The van der Waals surface area contributed by atoms with Gasteiger partial charge in [-0.25, -0.2) is 0 Å². The Morgan fingerprint density at radius 2 is 2.00 bits per heavy atom. The molecular weight excluding hydrogens is 304 g/mol. The molecule has 1 saturated heterocycles. The number of hydrogen-bond donors (Lipinski definition) is 1. The van der Waals surface area contributed by atoms with Gasteiger partial charge in [-0.1, -0.05) is 37.5 Å². The number of methoxy groups -OCH3 is 1. The van der Waals surface area contributed by atoms with Gasteiger partial charge in [0.25, 0.3) is 0 Å². The highest BCUT2D eigenvalue weighted by atomic mass is 16.5. The molecule has 1 aliphatic heterocycles. The minimum Gasteiger partial charge on any atom is -0.496 e. The van der Waals surface area contributed by atoms with Crippen LogP contribution in [0.15, 0.2) is 24.3 Å². The maximum Gasteiger partial charge on any atom is 0.225 e. The number of benzene rings is 1. The Balaban J connectivity index is 1.55. The molecule has 3 rings (SSSR count). The molecule has 2 aliphatic rings. The SMILES string of the molecule is COc1ccccc1CNC(=O)[C@H]1CC(=O)N(C2CCCCC2)C1. The Labute approximate surface area is 143 Å². The van der Waals surface area contributed by atoms with Crippen LogP contribution in [-0.2, 0) is 16.1 Å². The first-order valence-electron chi connectivity index (χ1n) is 8.88. The number of rotatable bonds is 5. The van der Waals surface area contributed by atoms with Gasteiger partial charge in [0, 0.05) is 31.1 Å². The first kappa shape index (κ1) is 16.8. The van der Waals surface area contributed by atoms with Gasteiger partial charge < -0.3 is 15.0 Å². The molecule has 1 aromatic carbocycles. The van der Waals surface area contributed by atoms with Gasteiger partial charge >= 0.3 is 0 Å². The maximum atomic E-state index is 12.5. The molecule has 24 heavy (non-hydrogen) atoms. The van der Waals surface area contributed by atoms with Crippen molar-refractivity contribution in [2.24, 2.45) is 5.92 Å². The number of carbonyl (C=O) groups is 2. The second kappa shape index (κ2) is 7.69. The van der Waals surface area contributed by atoms with Crippen molar-refractivity contribution in [3.8, 4) is 5.75 Å². The number of likely N-dealkylation sites (tertiary alicyclic amines) is 1. The maximum absolute atomic E-state index is 12.5. The van der Waals surface area contributed by atoms with Crippen LogP contribution in [0.5, 0.6) is 5.75 Å². The first-order chi connectivity index (χ1) is 11.7. The lowest BCUT2D eigenvalue weighted by Crippen LogP contribution is -2.39. The van der Waals surface area contributed by atoms with Gasteiger partial charge in [0.2, 0.25) is 11.8 Å². The smallest absolute Gasteiger partial charge is 0.225 e. The molecule has 2 fully saturated rings. The molecule has 1 aromatic rings. The highest BCUT2D eigenvalue weighted by Gasteiger charge is 2.37. The first-order valence-corrected chi connectivity index (χ1v) is 8.88. The number of hydrogen-bond acceptors (Lipinski definition) is 3. The van der Waals surface area contributed by atoms with Crippen LogP contribution < -0.4 is 10.1 Å². The minimum absolute atomic E-state index is 0.0347. The van der Waals surface area contributed by atoms with E-state index in [0.29, 0.717) is 25.6 Å². The zero-order valence-electron chi connectivity index (χ0n) is 14.3. The summed E-state index contributed by atoms with van der Waals surface area (Å²) in [5, 5.41) is 2.96. The third-order valence-corrected chi connectivity index (χ3v) is 5.19. The molecule has 2 amide bonds. The van der Waals surface area contributed by atoms with Crippen LogP contribution in [-0.4, -0.2) is 36.4 Å². The molecule has 5 nitrogen and oxygen atoms in total. The van der Waals surface area contributed by atoms with Gasteiger partial charge in [-0.3, -0.25) is 9.59 Å². The molecule has 0 unspecified atom stereocenters. The average Bonchev–Trinajstić information content (AvgIpc) is 3.02. The summed E-state index contributed by atoms with van der Waals surface area (Å²) in [6, 6.07) is 7.99. The topological polar surface area (TPSA) is 58.6 Å². The minimum atomic E-state index is -0.228. The highest BCUT2D eigenvalue weighted by Crippen LogP contribution is 2.28. The molecule has 0 radical (unpaired) electrons. The van der Waals surface area contributed by atoms with E-state index in [1.807, 2.05) is 29.2 Å². The Kier molecular flexibility index (Phi) is 5.38. The Morgan fingerprint density at radius 3 is 2.75 bits per heavy atom. The summed E-state index contributed by atoms with van der Waals surface area (Å²) >= 11 is 0. The van der Waals surface area contributed by atoms with E-state index in [1.54, 1.807) is 7.11 Å². The van der Waals surface area contributed by atoms with Crippen molar-refractivity contribution in [1.29, 1.82) is 0 Å². The summed E-state index contributed by atoms with van der Waals surface area (Å²) in [5.74, 6) is 0.644. The number of nitrogens with one attached hydrogen (secondary N) is 1. The molecule has 0 bridgehead atoms. The predicted octanol–water partition coefficient (Wildman–Crippen LogP) is 2.49. The van der Waals surface area contributed by atoms with E-state index in [2.05, 4.69) is 5.32 Å². The normalized spacial score (nSPS) is 21.8. The van der Waals surface area contributed by atoms with Gasteiger partial charge in [-0.15, -0.1) is 0 Å². The molecule has 1 atom stereocenters. The van der Waals surface area contributed by atoms with Crippen LogP contribution in [0.4, 0.5) is 0 Å². The fourth-order valence-electron chi connectivity index (χ4n) is 3.83. The highest BCUT2D eigenvalue weighted by molar-refractivity contribution is 5.89. The van der Waals surface area contributed by atoms with Crippen molar-refractivity contribution in [1.82, 2.24) is 10.2 Å². The van der Waals surface area contributed by atoms with E-state index in [0.717, 1.165) is 24.2 Å².